The minimum atomic E-state index is -0.378. The molecule has 3 amide bonds. The number of amides is 3. The Kier molecular flexibility index (Phi) is 8.65. The lowest BCUT2D eigenvalue weighted by molar-refractivity contribution is 0.0955. The second-order valence-electron chi connectivity index (χ2n) is 5.54. The van der Waals surface area contributed by atoms with Crippen molar-refractivity contribution >= 4 is 17.7 Å². The van der Waals surface area contributed by atoms with Crippen LogP contribution in [0.5, 0.6) is 0 Å². The largest absolute Gasteiger partial charge is 0.355 e. The van der Waals surface area contributed by atoms with Crippen LogP contribution in [0, 0.1) is 11.8 Å². The molecular weight excluding hydrogens is 330 g/mol. The van der Waals surface area contributed by atoms with Crippen molar-refractivity contribution in [3.63, 3.8) is 0 Å². The first kappa shape index (κ1) is 21.0. The SMILES string of the molecule is CC#CCC/C=C(\C)NC(=O)c1cc(C(=O)NC)cc(C(=O)NCC)c1. The van der Waals surface area contributed by atoms with Gasteiger partial charge in [-0.15, -0.1) is 11.8 Å². The highest BCUT2D eigenvalue weighted by Gasteiger charge is 2.15. The molecule has 6 heteroatoms. The van der Waals surface area contributed by atoms with Crippen LogP contribution in [0.25, 0.3) is 0 Å². The second-order valence-corrected chi connectivity index (χ2v) is 5.54. The normalized spacial score (nSPS) is 10.4. The second kappa shape index (κ2) is 10.7. The average Bonchev–Trinajstić information content (AvgIpc) is 2.64. The van der Waals surface area contributed by atoms with Gasteiger partial charge in [0.25, 0.3) is 17.7 Å². The summed E-state index contributed by atoms with van der Waals surface area (Å²) in [5.74, 6) is 4.69. The Morgan fingerprint density at radius 1 is 1.04 bits per heavy atom. The third kappa shape index (κ3) is 6.44. The summed E-state index contributed by atoms with van der Waals surface area (Å²) in [6, 6.07) is 4.40. The highest BCUT2D eigenvalue weighted by atomic mass is 16.2. The molecule has 0 heterocycles. The van der Waals surface area contributed by atoms with Crippen LogP contribution in [-0.2, 0) is 0 Å². The molecule has 26 heavy (non-hydrogen) atoms. The molecule has 0 saturated carbocycles. The van der Waals surface area contributed by atoms with Gasteiger partial charge < -0.3 is 16.0 Å². The van der Waals surface area contributed by atoms with E-state index in [2.05, 4.69) is 27.8 Å². The highest BCUT2D eigenvalue weighted by molar-refractivity contribution is 6.04. The van der Waals surface area contributed by atoms with Gasteiger partial charge in [0.15, 0.2) is 0 Å². The number of unbranched alkanes of at least 4 members (excludes halogenated alkanes) is 1. The Labute approximate surface area is 154 Å². The van der Waals surface area contributed by atoms with Crippen LogP contribution in [0.1, 0.15) is 64.7 Å². The Morgan fingerprint density at radius 3 is 2.15 bits per heavy atom. The molecule has 6 nitrogen and oxygen atoms in total. The first-order valence-corrected chi connectivity index (χ1v) is 8.46. The molecule has 3 N–H and O–H groups in total. The lowest BCUT2D eigenvalue weighted by atomic mass is 10.0. The maximum absolute atomic E-state index is 12.5. The molecule has 1 aromatic rings. The minimum Gasteiger partial charge on any atom is -0.355 e. The zero-order valence-electron chi connectivity index (χ0n) is 15.7. The van der Waals surface area contributed by atoms with Gasteiger partial charge in [-0.25, -0.2) is 0 Å². The van der Waals surface area contributed by atoms with Crippen LogP contribution in [0.4, 0.5) is 0 Å². The fourth-order valence-corrected chi connectivity index (χ4v) is 2.22. The molecule has 0 aliphatic rings. The van der Waals surface area contributed by atoms with Gasteiger partial charge in [-0.05, 0) is 45.4 Å². The van der Waals surface area contributed by atoms with E-state index in [1.807, 2.05) is 6.08 Å². The molecule has 0 atom stereocenters. The van der Waals surface area contributed by atoms with Crippen molar-refractivity contribution in [1.82, 2.24) is 16.0 Å². The predicted molar refractivity (Wildman–Crippen MR) is 102 cm³/mol. The number of carbonyl (C=O) groups is 3. The summed E-state index contributed by atoms with van der Waals surface area (Å²) >= 11 is 0. The molecule has 0 fully saturated rings. The van der Waals surface area contributed by atoms with E-state index in [-0.39, 0.29) is 34.4 Å². The number of rotatable bonds is 7. The standard InChI is InChI=1S/C20H25N3O3/c1-5-7-8-9-10-14(3)23-20(26)17-12-15(18(24)21-4)11-16(13-17)19(25)22-6-2/h10-13H,6,8-9H2,1-4H3,(H,21,24)(H,22,25)(H,23,26)/b14-10+. The quantitative estimate of drug-likeness (QED) is 0.518. The Balaban J connectivity index is 3.06. The van der Waals surface area contributed by atoms with Crippen LogP contribution in [0.15, 0.2) is 30.0 Å². The van der Waals surface area contributed by atoms with E-state index in [0.29, 0.717) is 12.2 Å². The van der Waals surface area contributed by atoms with E-state index in [1.165, 1.54) is 25.2 Å². The summed E-state index contributed by atoms with van der Waals surface area (Å²) in [6.07, 6.45) is 3.34. The van der Waals surface area contributed by atoms with Gasteiger partial charge in [-0.2, -0.15) is 0 Å². The Hall–Kier alpha value is -3.07. The molecule has 0 bridgehead atoms. The van der Waals surface area contributed by atoms with Crippen LogP contribution in [-0.4, -0.2) is 31.3 Å². The van der Waals surface area contributed by atoms with Gasteiger partial charge in [0, 0.05) is 42.4 Å². The lowest BCUT2D eigenvalue weighted by Gasteiger charge is -2.10. The van der Waals surface area contributed by atoms with Crippen molar-refractivity contribution < 1.29 is 14.4 Å². The molecule has 138 valence electrons. The summed E-state index contributed by atoms with van der Waals surface area (Å²) < 4.78 is 0. The van der Waals surface area contributed by atoms with E-state index in [4.69, 9.17) is 0 Å². The Bertz CT molecular complexity index is 770. The predicted octanol–water partition coefficient (Wildman–Crippen LogP) is 2.23. The zero-order valence-corrected chi connectivity index (χ0v) is 15.7. The maximum atomic E-state index is 12.5. The summed E-state index contributed by atoms with van der Waals surface area (Å²) in [6.45, 7) is 5.81. The van der Waals surface area contributed by atoms with E-state index in [0.717, 1.165) is 12.8 Å². The molecule has 0 aliphatic heterocycles. The van der Waals surface area contributed by atoms with Gasteiger partial charge in [-0.1, -0.05) is 6.08 Å². The Morgan fingerprint density at radius 2 is 1.62 bits per heavy atom. The molecule has 0 unspecified atom stereocenters. The van der Waals surface area contributed by atoms with Gasteiger partial charge in [0.2, 0.25) is 0 Å². The number of hydrogen-bond donors (Lipinski definition) is 3. The third-order valence-corrected chi connectivity index (χ3v) is 3.49. The van der Waals surface area contributed by atoms with E-state index < -0.39 is 0 Å². The minimum absolute atomic E-state index is 0.244. The molecule has 0 spiro atoms. The van der Waals surface area contributed by atoms with Gasteiger partial charge in [0.1, 0.15) is 0 Å². The monoisotopic (exact) mass is 355 g/mol. The van der Waals surface area contributed by atoms with Crippen molar-refractivity contribution in [3.05, 3.63) is 46.7 Å². The van der Waals surface area contributed by atoms with Crippen molar-refractivity contribution in [2.24, 2.45) is 0 Å². The smallest absolute Gasteiger partial charge is 0.255 e. The third-order valence-electron chi connectivity index (χ3n) is 3.49. The molecule has 0 radical (unpaired) electrons. The summed E-state index contributed by atoms with van der Waals surface area (Å²) in [5, 5.41) is 7.93. The molecular formula is C20H25N3O3. The van der Waals surface area contributed by atoms with E-state index >= 15 is 0 Å². The molecule has 0 aromatic heterocycles. The molecule has 1 aromatic carbocycles. The topological polar surface area (TPSA) is 87.3 Å². The molecule has 1 rings (SSSR count). The number of nitrogens with one attached hydrogen (secondary N) is 3. The summed E-state index contributed by atoms with van der Waals surface area (Å²) in [4.78, 5) is 36.6. The summed E-state index contributed by atoms with van der Waals surface area (Å²) in [7, 11) is 1.49. The zero-order chi connectivity index (χ0) is 19.5. The van der Waals surface area contributed by atoms with Crippen molar-refractivity contribution in [2.45, 2.75) is 33.6 Å². The van der Waals surface area contributed by atoms with Crippen LogP contribution >= 0.6 is 0 Å². The fourth-order valence-electron chi connectivity index (χ4n) is 2.22. The lowest BCUT2D eigenvalue weighted by Crippen LogP contribution is -2.26. The molecule has 0 saturated heterocycles. The van der Waals surface area contributed by atoms with Crippen LogP contribution in [0.2, 0.25) is 0 Å². The number of benzene rings is 1. The highest BCUT2D eigenvalue weighted by Crippen LogP contribution is 2.12. The first-order valence-electron chi connectivity index (χ1n) is 8.46. The van der Waals surface area contributed by atoms with Gasteiger partial charge in [-0.3, -0.25) is 14.4 Å². The first-order chi connectivity index (χ1) is 12.4. The van der Waals surface area contributed by atoms with Crippen LogP contribution in [0.3, 0.4) is 0 Å². The number of carbonyl (C=O) groups excluding carboxylic acids is 3. The van der Waals surface area contributed by atoms with Crippen molar-refractivity contribution in [1.29, 1.82) is 0 Å². The van der Waals surface area contributed by atoms with E-state index in [9.17, 15) is 14.4 Å². The van der Waals surface area contributed by atoms with Crippen LogP contribution < -0.4 is 16.0 Å². The van der Waals surface area contributed by atoms with Gasteiger partial charge in [0.05, 0.1) is 0 Å². The number of hydrogen-bond acceptors (Lipinski definition) is 3. The molecule has 0 aliphatic carbocycles. The van der Waals surface area contributed by atoms with E-state index in [1.54, 1.807) is 20.8 Å². The maximum Gasteiger partial charge on any atom is 0.255 e. The fraction of sp³-hybridized carbons (Fsp3) is 0.350. The summed E-state index contributed by atoms with van der Waals surface area (Å²) in [5.41, 5.74) is 1.45. The number of allylic oxidation sites excluding steroid dienone is 2. The van der Waals surface area contributed by atoms with Gasteiger partial charge >= 0.3 is 0 Å². The van der Waals surface area contributed by atoms with Crippen molar-refractivity contribution in [2.75, 3.05) is 13.6 Å². The average molecular weight is 355 g/mol. The van der Waals surface area contributed by atoms with Crippen molar-refractivity contribution in [3.8, 4) is 11.8 Å².